The average molecular weight is 401 g/mol. The number of nitrogens with one attached hydrogen (secondary N) is 1. The van der Waals surface area contributed by atoms with Gasteiger partial charge >= 0.3 is 6.09 Å². The minimum absolute atomic E-state index is 0.0459. The van der Waals surface area contributed by atoms with Crippen molar-refractivity contribution in [2.45, 2.75) is 58.2 Å². The summed E-state index contributed by atoms with van der Waals surface area (Å²) in [4.78, 5) is 14.0. The van der Waals surface area contributed by atoms with Gasteiger partial charge in [0.25, 0.3) is 0 Å². The third kappa shape index (κ3) is 5.45. The highest BCUT2D eigenvalue weighted by Gasteiger charge is 2.33. The van der Waals surface area contributed by atoms with Crippen LogP contribution < -0.4 is 5.32 Å². The van der Waals surface area contributed by atoms with Gasteiger partial charge in [0.15, 0.2) is 0 Å². The molecule has 0 aromatic heterocycles. The average Bonchev–Trinajstić information content (AvgIpc) is 3.28. The molecule has 2 rings (SSSR count). The quantitative estimate of drug-likeness (QED) is 0.755. The number of hydrogen-bond donors (Lipinski definition) is 1. The zero-order valence-corrected chi connectivity index (χ0v) is 16.3. The fraction of sp³-hybridized carbons (Fsp3) is 0.611. The molecule has 24 heavy (non-hydrogen) atoms. The molecular weight excluding hydrogens is 375 g/mol. The Morgan fingerprint density at radius 1 is 1.46 bits per heavy atom. The summed E-state index contributed by atoms with van der Waals surface area (Å²) in [7, 11) is 0. The van der Waals surface area contributed by atoms with Gasteiger partial charge in [-0.1, -0.05) is 12.1 Å². The van der Waals surface area contributed by atoms with Crippen molar-refractivity contribution in [2.24, 2.45) is 0 Å². The molecule has 1 aromatic rings. The van der Waals surface area contributed by atoms with Gasteiger partial charge in [-0.25, -0.2) is 9.18 Å². The molecule has 0 spiro atoms. The fourth-order valence-corrected chi connectivity index (χ4v) is 3.10. The van der Waals surface area contributed by atoms with Crippen molar-refractivity contribution in [3.63, 3.8) is 0 Å². The first-order chi connectivity index (χ1) is 11.2. The fourth-order valence-electron chi connectivity index (χ4n) is 2.72. The van der Waals surface area contributed by atoms with E-state index in [4.69, 9.17) is 4.74 Å². The van der Waals surface area contributed by atoms with Crippen LogP contribution in [0.5, 0.6) is 0 Å². The van der Waals surface area contributed by atoms with Crippen LogP contribution in [0.4, 0.5) is 9.18 Å². The lowest BCUT2D eigenvalue weighted by Gasteiger charge is -2.30. The highest BCUT2D eigenvalue weighted by atomic mass is 79.9. The van der Waals surface area contributed by atoms with Crippen molar-refractivity contribution in [3.8, 4) is 0 Å². The SMILES string of the molecule is CC(c1cccc(Br)c1F)N(CCNC(=O)OC(C)(C)C)C1CC1. The number of nitrogens with zero attached hydrogens (tertiary/aromatic N) is 1. The highest BCUT2D eigenvalue weighted by molar-refractivity contribution is 9.10. The van der Waals surface area contributed by atoms with Gasteiger partial charge in [0.1, 0.15) is 11.4 Å². The van der Waals surface area contributed by atoms with E-state index < -0.39 is 11.7 Å². The molecule has 1 unspecified atom stereocenters. The Labute approximate surface area is 151 Å². The molecule has 1 saturated carbocycles. The van der Waals surface area contributed by atoms with E-state index in [1.807, 2.05) is 39.8 Å². The summed E-state index contributed by atoms with van der Waals surface area (Å²) < 4.78 is 20.1. The van der Waals surface area contributed by atoms with Gasteiger partial charge in [0, 0.05) is 30.7 Å². The first kappa shape index (κ1) is 19.2. The van der Waals surface area contributed by atoms with Crippen LogP contribution in [0.15, 0.2) is 22.7 Å². The molecule has 0 heterocycles. The number of alkyl carbamates (subject to hydrolysis) is 1. The van der Waals surface area contributed by atoms with Gasteiger partial charge in [-0.05, 0) is 62.5 Å². The Morgan fingerprint density at radius 3 is 2.71 bits per heavy atom. The van der Waals surface area contributed by atoms with E-state index in [0.29, 0.717) is 29.2 Å². The Kier molecular flexibility index (Phi) is 6.26. The van der Waals surface area contributed by atoms with E-state index in [-0.39, 0.29) is 11.9 Å². The van der Waals surface area contributed by atoms with Crippen LogP contribution in [-0.4, -0.2) is 35.7 Å². The zero-order valence-electron chi connectivity index (χ0n) is 14.7. The zero-order chi connectivity index (χ0) is 17.9. The van der Waals surface area contributed by atoms with Gasteiger partial charge in [0.2, 0.25) is 0 Å². The van der Waals surface area contributed by atoms with Gasteiger partial charge in [-0.2, -0.15) is 0 Å². The predicted octanol–water partition coefficient (Wildman–Crippen LogP) is 4.64. The van der Waals surface area contributed by atoms with Crippen LogP contribution in [0.3, 0.4) is 0 Å². The molecular formula is C18H26BrFN2O2. The summed E-state index contributed by atoms with van der Waals surface area (Å²) in [5.74, 6) is -0.212. The Balaban J connectivity index is 1.95. The maximum absolute atomic E-state index is 14.4. The summed E-state index contributed by atoms with van der Waals surface area (Å²) in [6.45, 7) is 8.66. The van der Waals surface area contributed by atoms with Crippen LogP contribution in [0.2, 0.25) is 0 Å². The summed E-state index contributed by atoms with van der Waals surface area (Å²) in [6, 6.07) is 5.79. The second-order valence-corrected chi connectivity index (χ2v) is 8.07. The van der Waals surface area contributed by atoms with Crippen molar-refractivity contribution >= 4 is 22.0 Å². The smallest absolute Gasteiger partial charge is 0.407 e. The van der Waals surface area contributed by atoms with Gasteiger partial charge in [-0.15, -0.1) is 0 Å². The van der Waals surface area contributed by atoms with Crippen molar-refractivity contribution < 1.29 is 13.9 Å². The molecule has 0 bridgehead atoms. The summed E-state index contributed by atoms with van der Waals surface area (Å²) in [6.07, 6.45) is 1.82. The highest BCUT2D eigenvalue weighted by Crippen LogP contribution is 2.35. The van der Waals surface area contributed by atoms with Crippen LogP contribution >= 0.6 is 15.9 Å². The molecule has 1 aliphatic carbocycles. The van der Waals surface area contributed by atoms with Gasteiger partial charge in [-0.3, -0.25) is 4.90 Å². The number of halogens is 2. The standard InChI is InChI=1S/C18H26BrFN2O2/c1-12(14-6-5-7-15(19)16(14)20)22(13-8-9-13)11-10-21-17(23)24-18(2,3)4/h5-7,12-13H,8-11H2,1-4H3,(H,21,23). The number of benzene rings is 1. The van der Waals surface area contributed by atoms with Crippen LogP contribution in [0.1, 0.15) is 52.1 Å². The molecule has 0 radical (unpaired) electrons. The largest absolute Gasteiger partial charge is 0.444 e. The van der Waals surface area contributed by atoms with E-state index in [1.165, 1.54) is 0 Å². The summed E-state index contributed by atoms with van der Waals surface area (Å²) in [5, 5.41) is 2.78. The van der Waals surface area contributed by atoms with Gasteiger partial charge in [0.05, 0.1) is 4.47 Å². The second-order valence-electron chi connectivity index (χ2n) is 7.22. The molecule has 1 amide bonds. The summed E-state index contributed by atoms with van der Waals surface area (Å²) >= 11 is 3.25. The minimum Gasteiger partial charge on any atom is -0.444 e. The second kappa shape index (κ2) is 7.83. The molecule has 134 valence electrons. The van der Waals surface area contributed by atoms with Crippen LogP contribution in [0.25, 0.3) is 0 Å². The number of carbonyl (C=O) groups is 1. The number of amides is 1. The molecule has 0 saturated heterocycles. The van der Waals surface area contributed by atoms with Crippen LogP contribution in [0, 0.1) is 5.82 Å². The third-order valence-electron chi connectivity index (χ3n) is 3.98. The maximum atomic E-state index is 14.4. The molecule has 0 aliphatic heterocycles. The van der Waals surface area contributed by atoms with Crippen molar-refractivity contribution in [1.29, 1.82) is 0 Å². The van der Waals surface area contributed by atoms with Crippen LogP contribution in [-0.2, 0) is 4.74 Å². The first-order valence-electron chi connectivity index (χ1n) is 8.35. The lowest BCUT2D eigenvalue weighted by molar-refractivity contribution is 0.0517. The Hall–Kier alpha value is -1.14. The number of hydrogen-bond acceptors (Lipinski definition) is 3. The van der Waals surface area contributed by atoms with Crippen molar-refractivity contribution in [3.05, 3.63) is 34.1 Å². The molecule has 1 N–H and O–H groups in total. The lowest BCUT2D eigenvalue weighted by atomic mass is 10.1. The maximum Gasteiger partial charge on any atom is 0.407 e. The van der Waals surface area contributed by atoms with E-state index in [2.05, 4.69) is 26.1 Å². The lowest BCUT2D eigenvalue weighted by Crippen LogP contribution is -2.39. The molecule has 1 aliphatic rings. The number of rotatable bonds is 6. The van der Waals surface area contributed by atoms with Crippen molar-refractivity contribution in [1.82, 2.24) is 10.2 Å². The minimum atomic E-state index is -0.507. The number of ether oxygens (including phenoxy) is 1. The molecule has 1 atom stereocenters. The molecule has 1 fully saturated rings. The van der Waals surface area contributed by atoms with Crippen molar-refractivity contribution in [2.75, 3.05) is 13.1 Å². The molecule has 4 nitrogen and oxygen atoms in total. The van der Waals surface area contributed by atoms with E-state index in [0.717, 1.165) is 12.8 Å². The molecule has 6 heteroatoms. The van der Waals surface area contributed by atoms with Gasteiger partial charge < -0.3 is 10.1 Å². The van der Waals surface area contributed by atoms with E-state index in [9.17, 15) is 9.18 Å². The first-order valence-corrected chi connectivity index (χ1v) is 9.15. The Bertz CT molecular complexity index is 585. The van der Waals surface area contributed by atoms with E-state index in [1.54, 1.807) is 6.07 Å². The normalized spacial score (nSPS) is 16.1. The predicted molar refractivity (Wildman–Crippen MR) is 96.5 cm³/mol. The monoisotopic (exact) mass is 400 g/mol. The number of carbonyl (C=O) groups excluding carboxylic acids is 1. The Morgan fingerprint density at radius 2 is 2.12 bits per heavy atom. The third-order valence-corrected chi connectivity index (χ3v) is 4.60. The topological polar surface area (TPSA) is 41.6 Å². The van der Waals surface area contributed by atoms with E-state index >= 15 is 0 Å². The molecule has 1 aromatic carbocycles. The summed E-state index contributed by atoms with van der Waals surface area (Å²) in [5.41, 5.74) is 0.168.